The number of esters is 3. The van der Waals surface area contributed by atoms with Crippen LogP contribution < -0.4 is 0 Å². The molecule has 0 rings (SSSR count). The van der Waals surface area contributed by atoms with E-state index in [2.05, 4.69) is 118 Å². The number of aliphatic hydroxyl groups excluding tert-OH is 1. The van der Waals surface area contributed by atoms with E-state index < -0.39 is 57.8 Å². The van der Waals surface area contributed by atoms with Crippen molar-refractivity contribution in [3.05, 3.63) is 109 Å². The standard InChI is InChI=1S/C62H103O11P/c1-4-7-10-13-16-19-21-23-25-27-29-31-33-35-37-40-43-46-49-52-61(65)72-58(54-63)56-70-74(67,68)71-57-59(55-69-60(64)51-48-45-42-39-18-15-12-9-6-3)73-62(66)53-50-47-44-41-38-36-34-32-30-28-26-24-22-20-17-14-11-8-5-2/h8,11,16-17,19-20,23-26,29-32,36,38,44,47,58-59,63H,4-7,9-10,12-15,18,21-22,27-28,33-35,37,39-43,45-46,48-57H2,1-3H3,(H,67,68)/b11-8-,19-16-,20-17-,25-23-,26-24-,31-29-,32-30-,38-36-,47-44-. The molecular weight excluding hydrogens is 952 g/mol. The number of phosphoric acid groups is 1. The third-order valence-electron chi connectivity index (χ3n) is 11.7. The lowest BCUT2D eigenvalue weighted by atomic mass is 10.1. The van der Waals surface area contributed by atoms with Crippen LogP contribution >= 0.6 is 7.82 Å². The van der Waals surface area contributed by atoms with Crippen LogP contribution in [0.5, 0.6) is 0 Å². The van der Waals surface area contributed by atoms with Gasteiger partial charge in [-0.05, 0) is 96.3 Å². The summed E-state index contributed by atoms with van der Waals surface area (Å²) in [6.07, 6.45) is 66.4. The molecule has 11 nitrogen and oxygen atoms in total. The van der Waals surface area contributed by atoms with Gasteiger partial charge in [-0.15, -0.1) is 0 Å². The third-order valence-corrected chi connectivity index (χ3v) is 12.6. The van der Waals surface area contributed by atoms with Gasteiger partial charge in [-0.2, -0.15) is 0 Å². The van der Waals surface area contributed by atoms with E-state index in [4.69, 9.17) is 23.3 Å². The minimum absolute atomic E-state index is 0.0379. The number of rotatable bonds is 52. The van der Waals surface area contributed by atoms with E-state index in [1.807, 2.05) is 12.2 Å². The molecule has 0 fully saturated rings. The van der Waals surface area contributed by atoms with Crippen LogP contribution in [0.1, 0.15) is 226 Å². The van der Waals surface area contributed by atoms with Crippen molar-refractivity contribution in [3.63, 3.8) is 0 Å². The number of aliphatic hydroxyl groups is 1. The second-order valence-corrected chi connectivity index (χ2v) is 20.2. The molecule has 0 aromatic rings. The van der Waals surface area contributed by atoms with Gasteiger partial charge in [0.1, 0.15) is 12.7 Å². The summed E-state index contributed by atoms with van der Waals surface area (Å²) in [6.45, 7) is 4.37. The molecule has 3 atom stereocenters. The summed E-state index contributed by atoms with van der Waals surface area (Å²) >= 11 is 0. The Kier molecular flexibility index (Phi) is 52.5. The van der Waals surface area contributed by atoms with Gasteiger partial charge in [0.2, 0.25) is 0 Å². The first-order valence-electron chi connectivity index (χ1n) is 28.8. The van der Waals surface area contributed by atoms with E-state index in [-0.39, 0.29) is 25.9 Å². The Morgan fingerprint density at radius 2 is 0.730 bits per heavy atom. The molecule has 0 aliphatic carbocycles. The van der Waals surface area contributed by atoms with Crippen molar-refractivity contribution in [1.29, 1.82) is 0 Å². The Balaban J connectivity index is 4.74. The van der Waals surface area contributed by atoms with Gasteiger partial charge in [0.25, 0.3) is 0 Å². The normalized spacial score (nSPS) is 14.2. The van der Waals surface area contributed by atoms with Crippen LogP contribution in [0.15, 0.2) is 109 Å². The number of hydrogen-bond acceptors (Lipinski definition) is 10. The number of phosphoric ester groups is 1. The maximum atomic E-state index is 12.9. The molecule has 0 radical (unpaired) electrons. The maximum absolute atomic E-state index is 12.9. The molecule has 0 amide bonds. The molecule has 0 saturated heterocycles. The lowest BCUT2D eigenvalue weighted by Crippen LogP contribution is -2.30. The highest BCUT2D eigenvalue weighted by atomic mass is 31.2. The first-order valence-corrected chi connectivity index (χ1v) is 30.3. The maximum Gasteiger partial charge on any atom is 0.472 e. The van der Waals surface area contributed by atoms with Crippen LogP contribution in [0, 0.1) is 0 Å². The summed E-state index contributed by atoms with van der Waals surface area (Å²) in [5, 5.41) is 9.81. The Bertz CT molecular complexity index is 1660. The molecule has 422 valence electrons. The van der Waals surface area contributed by atoms with Crippen molar-refractivity contribution >= 4 is 25.7 Å². The van der Waals surface area contributed by atoms with Crippen LogP contribution in [-0.2, 0) is 42.2 Å². The SMILES string of the molecule is CC/C=C\C/C=C\C/C=C\C/C=C\C/C=C\C/C=C\CCC(=O)OC(COC(=O)CCCCCCCCCCC)COP(=O)(O)OCC(CO)OC(=O)CCCCCCCC/C=C\C/C=C\C/C=C\CCCCC. The summed E-state index contributed by atoms with van der Waals surface area (Å²) in [5.74, 6) is -1.59. The molecule has 0 saturated carbocycles. The topological polar surface area (TPSA) is 155 Å². The van der Waals surface area contributed by atoms with E-state index in [1.165, 1.54) is 57.8 Å². The minimum atomic E-state index is -4.77. The fourth-order valence-corrected chi connectivity index (χ4v) is 8.11. The van der Waals surface area contributed by atoms with Gasteiger partial charge in [-0.25, -0.2) is 4.57 Å². The van der Waals surface area contributed by atoms with Gasteiger partial charge in [0, 0.05) is 19.3 Å². The van der Waals surface area contributed by atoms with Gasteiger partial charge in [-0.1, -0.05) is 220 Å². The number of allylic oxidation sites excluding steroid dienone is 18. The summed E-state index contributed by atoms with van der Waals surface area (Å²) in [4.78, 5) is 48.4. The molecule has 74 heavy (non-hydrogen) atoms. The van der Waals surface area contributed by atoms with Gasteiger partial charge in [0.15, 0.2) is 6.10 Å². The first kappa shape index (κ1) is 70.1. The second-order valence-electron chi connectivity index (χ2n) is 18.7. The average Bonchev–Trinajstić information content (AvgIpc) is 3.39. The predicted molar refractivity (Wildman–Crippen MR) is 307 cm³/mol. The van der Waals surface area contributed by atoms with Crippen molar-refractivity contribution in [2.24, 2.45) is 0 Å². The van der Waals surface area contributed by atoms with Crippen molar-refractivity contribution in [2.75, 3.05) is 26.4 Å². The number of hydrogen-bond donors (Lipinski definition) is 2. The van der Waals surface area contributed by atoms with Crippen LogP contribution in [-0.4, -0.2) is 66.5 Å². The molecule has 0 spiro atoms. The Labute approximate surface area is 450 Å². The number of unbranched alkanes of at least 4 members (excludes halogenated alkanes) is 17. The van der Waals surface area contributed by atoms with Gasteiger partial charge >= 0.3 is 25.7 Å². The Morgan fingerprint density at radius 3 is 1.19 bits per heavy atom. The molecule has 0 heterocycles. The summed E-state index contributed by atoms with van der Waals surface area (Å²) in [5.41, 5.74) is 0. The molecule has 0 aliphatic heterocycles. The zero-order chi connectivity index (χ0) is 54.1. The van der Waals surface area contributed by atoms with Crippen LogP contribution in [0.3, 0.4) is 0 Å². The van der Waals surface area contributed by atoms with Crippen molar-refractivity contribution < 1.29 is 52.2 Å². The first-order chi connectivity index (χ1) is 36.2. The van der Waals surface area contributed by atoms with Crippen molar-refractivity contribution in [1.82, 2.24) is 0 Å². The van der Waals surface area contributed by atoms with Crippen molar-refractivity contribution in [2.45, 2.75) is 238 Å². The Morgan fingerprint density at radius 1 is 0.392 bits per heavy atom. The van der Waals surface area contributed by atoms with Crippen LogP contribution in [0.25, 0.3) is 0 Å². The fraction of sp³-hybridized carbons (Fsp3) is 0.661. The lowest BCUT2D eigenvalue weighted by Gasteiger charge is -2.21. The molecule has 0 bridgehead atoms. The highest BCUT2D eigenvalue weighted by Crippen LogP contribution is 2.43. The molecule has 0 aromatic carbocycles. The van der Waals surface area contributed by atoms with E-state index >= 15 is 0 Å². The van der Waals surface area contributed by atoms with Gasteiger partial charge < -0.3 is 24.2 Å². The number of carbonyl (C=O) groups excluding carboxylic acids is 3. The summed E-state index contributed by atoms with van der Waals surface area (Å²) < 4.78 is 39.3. The highest BCUT2D eigenvalue weighted by molar-refractivity contribution is 7.47. The quantitative estimate of drug-likeness (QED) is 0.0197. The molecule has 2 N–H and O–H groups in total. The summed E-state index contributed by atoms with van der Waals surface area (Å²) in [7, 11) is -4.77. The van der Waals surface area contributed by atoms with E-state index in [1.54, 1.807) is 0 Å². The molecule has 0 aliphatic rings. The molecule has 12 heteroatoms. The number of ether oxygens (including phenoxy) is 3. The third kappa shape index (κ3) is 53.0. The lowest BCUT2D eigenvalue weighted by molar-refractivity contribution is -0.161. The molecule has 0 aromatic heterocycles. The van der Waals surface area contributed by atoms with Crippen LogP contribution in [0.2, 0.25) is 0 Å². The van der Waals surface area contributed by atoms with Gasteiger partial charge in [0.05, 0.1) is 19.8 Å². The zero-order valence-corrected chi connectivity index (χ0v) is 47.4. The van der Waals surface area contributed by atoms with E-state index in [0.29, 0.717) is 25.7 Å². The predicted octanol–water partition coefficient (Wildman–Crippen LogP) is 17.0. The zero-order valence-electron chi connectivity index (χ0n) is 46.5. The number of carbonyl (C=O) groups is 3. The Hall–Kier alpha value is -3.86. The van der Waals surface area contributed by atoms with E-state index in [9.17, 15) is 28.9 Å². The van der Waals surface area contributed by atoms with Gasteiger partial charge in [-0.3, -0.25) is 23.4 Å². The summed E-state index contributed by atoms with van der Waals surface area (Å²) in [6, 6.07) is 0. The molecule has 3 unspecified atom stereocenters. The molecular formula is C62H103O11P. The fourth-order valence-electron chi connectivity index (χ4n) is 7.33. The average molecular weight is 1060 g/mol. The monoisotopic (exact) mass is 1050 g/mol. The smallest absolute Gasteiger partial charge is 0.462 e. The largest absolute Gasteiger partial charge is 0.472 e. The van der Waals surface area contributed by atoms with Crippen LogP contribution in [0.4, 0.5) is 0 Å². The second kappa shape index (κ2) is 55.4. The van der Waals surface area contributed by atoms with E-state index in [0.717, 1.165) is 103 Å². The minimum Gasteiger partial charge on any atom is -0.462 e. The van der Waals surface area contributed by atoms with Crippen molar-refractivity contribution in [3.8, 4) is 0 Å². The highest BCUT2D eigenvalue weighted by Gasteiger charge is 2.28.